The minimum absolute atomic E-state index is 0.00809. The Kier molecular flexibility index (Phi) is 7.87. The molecule has 2 aromatic rings. The fraction of sp³-hybridized carbons (Fsp3) is 0.458. The standard InChI is InChI=1S/C24H30F2N2O4S/c1-14(2)17-4-5-18-12-33(31,32)13-23(21(18)9-17)27-11-24(30)22(28-15(3)29)8-16-6-19(25)10-20(26)7-16/h4-7,9-10,14,22-24,27,30H,8,11-13H2,1-3H3,(H,28,29)/t22-,23-,24+/m0/s1. The topological polar surface area (TPSA) is 95.5 Å². The highest BCUT2D eigenvalue weighted by atomic mass is 32.2. The number of nitrogens with one attached hydrogen (secondary N) is 2. The van der Waals surface area contributed by atoms with E-state index in [0.29, 0.717) is 0 Å². The zero-order chi connectivity index (χ0) is 24.3. The van der Waals surface area contributed by atoms with Crippen LogP contribution in [0.25, 0.3) is 0 Å². The van der Waals surface area contributed by atoms with Gasteiger partial charge >= 0.3 is 0 Å². The van der Waals surface area contributed by atoms with Crippen molar-refractivity contribution in [1.29, 1.82) is 0 Å². The number of aliphatic hydroxyl groups excluding tert-OH is 1. The number of fused-ring (bicyclic) bond motifs is 1. The van der Waals surface area contributed by atoms with Gasteiger partial charge in [0.05, 0.1) is 23.7 Å². The van der Waals surface area contributed by atoms with E-state index in [1.54, 1.807) is 0 Å². The SMILES string of the molecule is CC(=O)N[C@@H](Cc1cc(F)cc(F)c1)[C@H](O)CN[C@H]1CS(=O)(=O)Cc2ccc(C(C)C)cc21. The first-order valence-electron chi connectivity index (χ1n) is 10.9. The highest BCUT2D eigenvalue weighted by Gasteiger charge is 2.31. The molecule has 180 valence electrons. The van der Waals surface area contributed by atoms with Gasteiger partial charge in [0.15, 0.2) is 9.84 Å². The summed E-state index contributed by atoms with van der Waals surface area (Å²) >= 11 is 0. The molecule has 0 bridgehead atoms. The van der Waals surface area contributed by atoms with E-state index in [-0.39, 0.29) is 36.0 Å². The third-order valence-corrected chi connectivity index (χ3v) is 7.40. The molecule has 1 aliphatic heterocycles. The molecule has 0 spiro atoms. The zero-order valence-electron chi connectivity index (χ0n) is 18.9. The molecule has 33 heavy (non-hydrogen) atoms. The second kappa shape index (κ2) is 10.3. The van der Waals surface area contributed by atoms with Crippen molar-refractivity contribution in [1.82, 2.24) is 10.6 Å². The van der Waals surface area contributed by atoms with Crippen LogP contribution in [0.1, 0.15) is 55.0 Å². The summed E-state index contributed by atoms with van der Waals surface area (Å²) in [4.78, 5) is 11.7. The number of hydrogen-bond donors (Lipinski definition) is 3. The van der Waals surface area contributed by atoms with Crippen LogP contribution in [0.2, 0.25) is 0 Å². The molecular weight excluding hydrogens is 450 g/mol. The molecule has 3 rings (SSSR count). The third kappa shape index (κ3) is 6.82. The first-order valence-corrected chi connectivity index (χ1v) is 12.7. The molecule has 9 heteroatoms. The Labute approximate surface area is 193 Å². The molecule has 0 saturated heterocycles. The molecule has 0 unspecified atom stereocenters. The molecule has 0 aliphatic carbocycles. The number of amides is 1. The maximum absolute atomic E-state index is 13.6. The van der Waals surface area contributed by atoms with E-state index in [4.69, 9.17) is 0 Å². The van der Waals surface area contributed by atoms with Crippen LogP contribution in [-0.4, -0.2) is 43.9 Å². The van der Waals surface area contributed by atoms with E-state index in [9.17, 15) is 27.1 Å². The minimum Gasteiger partial charge on any atom is -0.390 e. The second-order valence-corrected chi connectivity index (χ2v) is 11.1. The maximum Gasteiger partial charge on any atom is 0.217 e. The number of carbonyl (C=O) groups excluding carboxylic acids is 1. The number of aliphatic hydroxyl groups is 1. The summed E-state index contributed by atoms with van der Waals surface area (Å²) in [6.07, 6.45) is -1.12. The Morgan fingerprint density at radius 2 is 1.82 bits per heavy atom. The Morgan fingerprint density at radius 1 is 1.15 bits per heavy atom. The van der Waals surface area contributed by atoms with Crippen LogP contribution >= 0.6 is 0 Å². The van der Waals surface area contributed by atoms with E-state index in [1.807, 2.05) is 18.2 Å². The minimum atomic E-state index is -3.32. The van der Waals surface area contributed by atoms with E-state index in [2.05, 4.69) is 24.5 Å². The third-order valence-electron chi connectivity index (χ3n) is 5.81. The quantitative estimate of drug-likeness (QED) is 0.540. The molecule has 0 radical (unpaired) electrons. The summed E-state index contributed by atoms with van der Waals surface area (Å²) in [6, 6.07) is 7.48. The van der Waals surface area contributed by atoms with Crippen molar-refractivity contribution in [2.24, 2.45) is 0 Å². The second-order valence-electron chi connectivity index (χ2n) is 8.98. The monoisotopic (exact) mass is 480 g/mol. The lowest BCUT2D eigenvalue weighted by molar-refractivity contribution is -0.120. The summed E-state index contributed by atoms with van der Waals surface area (Å²) < 4.78 is 52.0. The van der Waals surface area contributed by atoms with Crippen LogP contribution < -0.4 is 10.6 Å². The molecule has 1 aliphatic rings. The summed E-state index contributed by atoms with van der Waals surface area (Å²) in [7, 11) is -3.32. The Hall–Kier alpha value is -2.36. The summed E-state index contributed by atoms with van der Waals surface area (Å²) in [5.41, 5.74) is 2.99. The normalized spacial score (nSPS) is 19.1. The van der Waals surface area contributed by atoms with Crippen LogP contribution in [0.15, 0.2) is 36.4 Å². The molecule has 0 fully saturated rings. The van der Waals surface area contributed by atoms with Crippen LogP contribution in [0, 0.1) is 11.6 Å². The van der Waals surface area contributed by atoms with Gasteiger partial charge in [-0.3, -0.25) is 4.79 Å². The Balaban J connectivity index is 1.78. The molecular formula is C24H30F2N2O4S. The van der Waals surface area contributed by atoms with Gasteiger partial charge in [0, 0.05) is 25.6 Å². The number of carbonyl (C=O) groups is 1. The molecule has 3 N–H and O–H groups in total. The van der Waals surface area contributed by atoms with Gasteiger partial charge in [-0.1, -0.05) is 32.0 Å². The van der Waals surface area contributed by atoms with Crippen LogP contribution in [0.4, 0.5) is 8.78 Å². The van der Waals surface area contributed by atoms with Crippen molar-refractivity contribution >= 4 is 15.7 Å². The van der Waals surface area contributed by atoms with Crippen LogP contribution in [-0.2, 0) is 26.8 Å². The molecule has 6 nitrogen and oxygen atoms in total. The zero-order valence-corrected chi connectivity index (χ0v) is 19.8. The largest absolute Gasteiger partial charge is 0.390 e. The van der Waals surface area contributed by atoms with Gasteiger partial charge in [-0.05, 0) is 46.7 Å². The van der Waals surface area contributed by atoms with E-state index in [0.717, 1.165) is 34.9 Å². The van der Waals surface area contributed by atoms with E-state index >= 15 is 0 Å². The van der Waals surface area contributed by atoms with Gasteiger partial charge < -0.3 is 15.7 Å². The van der Waals surface area contributed by atoms with Crippen LogP contribution in [0.3, 0.4) is 0 Å². The van der Waals surface area contributed by atoms with Crippen molar-refractivity contribution in [2.45, 2.75) is 57.1 Å². The van der Waals surface area contributed by atoms with Gasteiger partial charge in [-0.2, -0.15) is 0 Å². The lowest BCUT2D eigenvalue weighted by atomic mass is 9.94. The molecule has 1 amide bonds. The molecule has 1 heterocycles. The van der Waals surface area contributed by atoms with Crippen molar-refractivity contribution in [3.05, 3.63) is 70.3 Å². The summed E-state index contributed by atoms with van der Waals surface area (Å²) in [5.74, 6) is -1.75. The fourth-order valence-corrected chi connectivity index (χ4v) is 5.83. The fourth-order valence-electron chi connectivity index (χ4n) is 4.17. The molecule has 0 aromatic heterocycles. The van der Waals surface area contributed by atoms with Crippen molar-refractivity contribution in [3.63, 3.8) is 0 Å². The van der Waals surface area contributed by atoms with Gasteiger partial charge in [-0.15, -0.1) is 0 Å². The molecule has 0 saturated carbocycles. The first kappa shape index (κ1) is 25.3. The predicted molar refractivity (Wildman–Crippen MR) is 122 cm³/mol. The number of rotatable bonds is 8. The maximum atomic E-state index is 13.6. The smallest absolute Gasteiger partial charge is 0.217 e. The van der Waals surface area contributed by atoms with Crippen molar-refractivity contribution < 1.29 is 27.1 Å². The number of benzene rings is 2. The number of hydrogen-bond acceptors (Lipinski definition) is 5. The first-order chi connectivity index (χ1) is 15.4. The van der Waals surface area contributed by atoms with Gasteiger partial charge in [0.25, 0.3) is 0 Å². The molecule has 3 atom stereocenters. The average Bonchev–Trinajstić information content (AvgIpc) is 2.69. The van der Waals surface area contributed by atoms with Crippen LogP contribution in [0.5, 0.6) is 0 Å². The summed E-state index contributed by atoms with van der Waals surface area (Å²) in [5, 5.41) is 16.6. The Morgan fingerprint density at radius 3 is 2.42 bits per heavy atom. The predicted octanol–water partition coefficient (Wildman–Crippen LogP) is 2.76. The van der Waals surface area contributed by atoms with Gasteiger partial charge in [0.1, 0.15) is 11.6 Å². The van der Waals surface area contributed by atoms with Crippen molar-refractivity contribution in [3.8, 4) is 0 Å². The summed E-state index contributed by atoms with van der Waals surface area (Å²) in [6.45, 7) is 5.38. The lowest BCUT2D eigenvalue weighted by Gasteiger charge is -2.30. The van der Waals surface area contributed by atoms with Gasteiger partial charge in [-0.25, -0.2) is 17.2 Å². The lowest BCUT2D eigenvalue weighted by Crippen LogP contribution is -2.49. The average molecular weight is 481 g/mol. The van der Waals surface area contributed by atoms with E-state index in [1.165, 1.54) is 6.92 Å². The Bertz CT molecular complexity index is 1100. The van der Waals surface area contributed by atoms with Gasteiger partial charge in [0.2, 0.25) is 5.91 Å². The van der Waals surface area contributed by atoms with Crippen molar-refractivity contribution in [2.75, 3.05) is 12.3 Å². The highest BCUT2D eigenvalue weighted by molar-refractivity contribution is 7.90. The number of sulfone groups is 1. The van der Waals surface area contributed by atoms with E-state index < -0.39 is 45.6 Å². The molecule has 2 aromatic carbocycles. The highest BCUT2D eigenvalue weighted by Crippen LogP contribution is 2.31. The number of halogens is 2.